The molecular weight excluding hydrogens is 364 g/mol. The number of anilines is 1. The van der Waals surface area contributed by atoms with Crippen LogP contribution in [0.15, 0.2) is 23.1 Å². The number of ether oxygens (including phenoxy) is 1. The fourth-order valence-electron chi connectivity index (χ4n) is 4.00. The molecule has 1 aliphatic carbocycles. The van der Waals surface area contributed by atoms with E-state index in [4.69, 9.17) is 4.74 Å². The second-order valence-corrected chi connectivity index (χ2v) is 9.37. The van der Waals surface area contributed by atoms with Crippen molar-refractivity contribution in [3.8, 4) is 5.75 Å². The van der Waals surface area contributed by atoms with Crippen molar-refractivity contribution < 1.29 is 17.9 Å². The van der Waals surface area contributed by atoms with Crippen LogP contribution in [0.4, 0.5) is 5.69 Å². The fourth-order valence-corrected chi connectivity index (χ4v) is 5.67. The van der Waals surface area contributed by atoms with Gasteiger partial charge in [-0.2, -0.15) is 4.31 Å². The molecule has 0 unspecified atom stereocenters. The van der Waals surface area contributed by atoms with E-state index in [-0.39, 0.29) is 10.8 Å². The van der Waals surface area contributed by atoms with Gasteiger partial charge in [-0.25, -0.2) is 8.42 Å². The molecule has 1 aromatic carbocycles. The molecule has 1 saturated carbocycles. The summed E-state index contributed by atoms with van der Waals surface area (Å²) in [6.07, 6.45) is 8.10. The maximum absolute atomic E-state index is 13.0. The summed E-state index contributed by atoms with van der Waals surface area (Å²) in [6, 6.07) is 4.90. The minimum absolute atomic E-state index is 0.0458. The second-order valence-electron chi connectivity index (χ2n) is 7.46. The number of amides is 1. The first kappa shape index (κ1) is 20.1. The predicted octanol–water partition coefficient (Wildman–Crippen LogP) is 3.78. The predicted molar refractivity (Wildman–Crippen MR) is 105 cm³/mol. The van der Waals surface area contributed by atoms with Crippen LogP contribution in [-0.4, -0.2) is 38.3 Å². The fraction of sp³-hybridized carbons (Fsp3) is 0.650. The highest BCUT2D eigenvalue weighted by atomic mass is 32.2. The number of hydrogen-bond donors (Lipinski definition) is 1. The molecule has 3 rings (SSSR count). The third kappa shape index (κ3) is 5.02. The van der Waals surface area contributed by atoms with Gasteiger partial charge in [0.1, 0.15) is 10.6 Å². The van der Waals surface area contributed by atoms with E-state index in [1.54, 1.807) is 12.1 Å². The lowest BCUT2D eigenvalue weighted by Crippen LogP contribution is -2.28. The maximum atomic E-state index is 13.0. The van der Waals surface area contributed by atoms with Crippen LogP contribution in [0.25, 0.3) is 0 Å². The number of hydrogen-bond acceptors (Lipinski definition) is 4. The summed E-state index contributed by atoms with van der Waals surface area (Å²) in [4.78, 5) is 12.5. The normalized spacial score (nSPS) is 19.1. The Morgan fingerprint density at radius 1 is 1.15 bits per heavy atom. The van der Waals surface area contributed by atoms with E-state index in [2.05, 4.69) is 5.32 Å². The average molecular weight is 395 g/mol. The molecule has 150 valence electrons. The van der Waals surface area contributed by atoms with Crippen molar-refractivity contribution in [2.45, 2.75) is 63.2 Å². The average Bonchev–Trinajstić information content (AvgIpc) is 3.19. The van der Waals surface area contributed by atoms with E-state index in [9.17, 15) is 13.2 Å². The summed E-state index contributed by atoms with van der Waals surface area (Å²) in [7, 11) is -3.62. The number of carbonyl (C=O) groups is 1. The van der Waals surface area contributed by atoms with E-state index in [1.807, 2.05) is 6.92 Å². The molecule has 7 heteroatoms. The molecule has 1 aliphatic heterocycles. The Labute approximate surface area is 162 Å². The first-order valence-electron chi connectivity index (χ1n) is 10.1. The van der Waals surface area contributed by atoms with Crippen LogP contribution in [0.3, 0.4) is 0 Å². The number of sulfonamides is 1. The molecule has 6 nitrogen and oxygen atoms in total. The Balaban J connectivity index is 1.77. The van der Waals surface area contributed by atoms with Crippen LogP contribution >= 0.6 is 0 Å². The number of rotatable bonds is 7. The Morgan fingerprint density at radius 3 is 2.52 bits per heavy atom. The quantitative estimate of drug-likeness (QED) is 0.764. The molecule has 1 saturated heterocycles. The monoisotopic (exact) mass is 394 g/mol. The minimum atomic E-state index is -3.62. The highest BCUT2D eigenvalue weighted by Gasteiger charge is 2.30. The first-order valence-corrected chi connectivity index (χ1v) is 11.5. The minimum Gasteiger partial charge on any atom is -0.492 e. The van der Waals surface area contributed by atoms with Gasteiger partial charge in [0.15, 0.2) is 0 Å². The lowest BCUT2D eigenvalue weighted by Gasteiger charge is -2.21. The van der Waals surface area contributed by atoms with E-state index in [1.165, 1.54) is 29.6 Å². The zero-order valence-electron chi connectivity index (χ0n) is 16.1. The van der Waals surface area contributed by atoms with E-state index in [0.29, 0.717) is 43.5 Å². The van der Waals surface area contributed by atoms with Crippen molar-refractivity contribution >= 4 is 21.6 Å². The lowest BCUT2D eigenvalue weighted by atomic mass is 9.87. The first-order chi connectivity index (χ1) is 13.0. The largest absolute Gasteiger partial charge is 0.492 e. The third-order valence-corrected chi connectivity index (χ3v) is 7.33. The number of nitrogens with zero attached hydrogens (tertiary/aromatic N) is 1. The van der Waals surface area contributed by atoms with Gasteiger partial charge in [-0.3, -0.25) is 4.79 Å². The van der Waals surface area contributed by atoms with Crippen molar-refractivity contribution in [3.63, 3.8) is 0 Å². The van der Waals surface area contributed by atoms with Crippen LogP contribution in [-0.2, 0) is 14.8 Å². The Hall–Kier alpha value is -1.60. The van der Waals surface area contributed by atoms with Crippen LogP contribution < -0.4 is 10.1 Å². The summed E-state index contributed by atoms with van der Waals surface area (Å²) in [5.41, 5.74) is 0.511. The van der Waals surface area contributed by atoms with E-state index in [0.717, 1.165) is 25.7 Å². The lowest BCUT2D eigenvalue weighted by molar-refractivity contribution is -0.117. The number of carbonyl (C=O) groups excluding carboxylic acids is 1. The molecule has 0 aromatic heterocycles. The van der Waals surface area contributed by atoms with Crippen molar-refractivity contribution in [2.24, 2.45) is 5.92 Å². The standard InChI is InChI=1S/C20H30N2O4S/c1-2-26-18-11-10-17(21-20(23)14-16-8-4-3-5-9-16)15-19(18)27(24,25)22-12-6-7-13-22/h10-11,15-16H,2-9,12-14H2,1H3,(H,21,23). The van der Waals surface area contributed by atoms with Crippen molar-refractivity contribution in [1.29, 1.82) is 0 Å². The highest BCUT2D eigenvalue weighted by Crippen LogP contribution is 2.32. The molecule has 1 amide bonds. The topological polar surface area (TPSA) is 75.7 Å². The molecular formula is C20H30N2O4S. The summed E-state index contributed by atoms with van der Waals surface area (Å²) in [5.74, 6) is 0.736. The molecule has 2 aliphatic rings. The summed E-state index contributed by atoms with van der Waals surface area (Å²) < 4.78 is 33.1. The van der Waals surface area contributed by atoms with Gasteiger partial charge in [0, 0.05) is 25.2 Å². The SMILES string of the molecule is CCOc1ccc(NC(=O)CC2CCCCC2)cc1S(=O)(=O)N1CCCC1. The highest BCUT2D eigenvalue weighted by molar-refractivity contribution is 7.89. The molecule has 2 fully saturated rings. The van der Waals surface area contributed by atoms with Crippen LogP contribution in [0, 0.1) is 5.92 Å². The van der Waals surface area contributed by atoms with Crippen molar-refractivity contribution in [1.82, 2.24) is 4.31 Å². The Morgan fingerprint density at radius 2 is 1.85 bits per heavy atom. The van der Waals surface area contributed by atoms with Gasteiger partial charge >= 0.3 is 0 Å². The van der Waals surface area contributed by atoms with Gasteiger partial charge in [-0.05, 0) is 56.7 Å². The summed E-state index contributed by atoms with van der Waals surface area (Å²) >= 11 is 0. The Bertz CT molecular complexity index is 751. The number of benzene rings is 1. The molecule has 27 heavy (non-hydrogen) atoms. The van der Waals surface area contributed by atoms with Gasteiger partial charge < -0.3 is 10.1 Å². The van der Waals surface area contributed by atoms with Gasteiger partial charge in [0.2, 0.25) is 15.9 Å². The van der Waals surface area contributed by atoms with Gasteiger partial charge in [0.05, 0.1) is 6.61 Å². The second kappa shape index (κ2) is 9.06. The zero-order chi connectivity index (χ0) is 19.3. The van der Waals surface area contributed by atoms with Gasteiger partial charge in [0.25, 0.3) is 0 Å². The molecule has 0 spiro atoms. The van der Waals surface area contributed by atoms with Crippen molar-refractivity contribution in [3.05, 3.63) is 18.2 Å². The van der Waals surface area contributed by atoms with Gasteiger partial charge in [-0.1, -0.05) is 19.3 Å². The maximum Gasteiger partial charge on any atom is 0.246 e. The summed E-state index contributed by atoms with van der Waals surface area (Å²) in [5, 5.41) is 2.88. The molecule has 1 N–H and O–H groups in total. The van der Waals surface area contributed by atoms with Crippen LogP contribution in [0.1, 0.15) is 58.3 Å². The molecule has 0 atom stereocenters. The van der Waals surface area contributed by atoms with E-state index >= 15 is 0 Å². The van der Waals surface area contributed by atoms with Crippen molar-refractivity contribution in [2.75, 3.05) is 25.0 Å². The zero-order valence-corrected chi connectivity index (χ0v) is 16.9. The van der Waals surface area contributed by atoms with Crippen LogP contribution in [0.2, 0.25) is 0 Å². The molecule has 1 heterocycles. The van der Waals surface area contributed by atoms with Crippen LogP contribution in [0.5, 0.6) is 5.75 Å². The van der Waals surface area contributed by atoms with E-state index < -0.39 is 10.0 Å². The molecule has 0 bridgehead atoms. The summed E-state index contributed by atoms with van der Waals surface area (Å²) in [6.45, 7) is 3.28. The molecule has 0 radical (unpaired) electrons. The molecule has 1 aromatic rings. The third-order valence-electron chi connectivity index (χ3n) is 5.41. The number of nitrogens with one attached hydrogen (secondary N) is 1. The Kier molecular flexibility index (Phi) is 6.76. The smallest absolute Gasteiger partial charge is 0.246 e. The van der Waals surface area contributed by atoms with Gasteiger partial charge in [-0.15, -0.1) is 0 Å².